The van der Waals surface area contributed by atoms with Crippen LogP contribution >= 0.6 is 23.2 Å². The van der Waals surface area contributed by atoms with Crippen LogP contribution in [0.2, 0.25) is 10.0 Å². The van der Waals surface area contributed by atoms with Gasteiger partial charge in [0.2, 0.25) is 5.91 Å². The van der Waals surface area contributed by atoms with Gasteiger partial charge in [0.25, 0.3) is 0 Å². The zero-order valence-corrected chi connectivity index (χ0v) is 21.5. The van der Waals surface area contributed by atoms with E-state index in [1.165, 1.54) is 0 Å². The van der Waals surface area contributed by atoms with Crippen molar-refractivity contribution in [1.82, 2.24) is 9.80 Å². The van der Waals surface area contributed by atoms with E-state index in [2.05, 4.69) is 4.90 Å². The fourth-order valence-electron chi connectivity index (χ4n) is 4.20. The number of amides is 1. The summed E-state index contributed by atoms with van der Waals surface area (Å²) in [5.41, 5.74) is 8.87. The minimum atomic E-state index is -0.683. The number of benzene rings is 2. The van der Waals surface area contributed by atoms with Gasteiger partial charge in [-0.3, -0.25) is 4.79 Å². The number of methoxy groups -OCH3 is 2. The van der Waals surface area contributed by atoms with E-state index in [0.717, 1.165) is 30.5 Å². The van der Waals surface area contributed by atoms with Gasteiger partial charge >= 0.3 is 0 Å². The number of nitrogen functional groups attached to an aromatic ring is 1. The lowest BCUT2D eigenvalue weighted by Crippen LogP contribution is -2.35. The van der Waals surface area contributed by atoms with Gasteiger partial charge in [0.05, 0.1) is 42.5 Å². The quantitative estimate of drug-likeness (QED) is 0.471. The van der Waals surface area contributed by atoms with Gasteiger partial charge in [0, 0.05) is 19.6 Å². The monoisotopic (exact) mass is 509 g/mol. The Morgan fingerprint density at radius 1 is 1.09 bits per heavy atom. The van der Waals surface area contributed by atoms with E-state index in [9.17, 15) is 9.90 Å². The smallest absolute Gasteiger partial charge is 0.227 e. The van der Waals surface area contributed by atoms with Crippen LogP contribution in [0.15, 0.2) is 24.3 Å². The second kappa shape index (κ2) is 12.0. The lowest BCUT2D eigenvalue weighted by atomic mass is 10.0. The van der Waals surface area contributed by atoms with E-state index in [-0.39, 0.29) is 5.91 Å². The molecule has 0 aliphatic carbocycles. The molecule has 1 unspecified atom stereocenters. The maximum absolute atomic E-state index is 12.8. The number of halogens is 2. The standard InChI is InChI=1S/C25H33Cl2N3O4/c1-29(9-6-21(31)18-11-19(26)25(28)20(27)12-18)7-4-8-30-10-5-16-13-22(33-2)23(34-3)14-17(16)15-24(30)32/h11-14,21,31H,4-10,15,28H2,1-3H3. The molecular weight excluding hydrogens is 477 g/mol. The predicted molar refractivity (Wildman–Crippen MR) is 136 cm³/mol. The van der Waals surface area contributed by atoms with Crippen molar-refractivity contribution in [3.05, 3.63) is 51.0 Å². The molecule has 1 amide bonds. The zero-order chi connectivity index (χ0) is 24.8. The van der Waals surface area contributed by atoms with Crippen molar-refractivity contribution in [2.45, 2.75) is 31.8 Å². The van der Waals surface area contributed by atoms with Crippen molar-refractivity contribution in [3.8, 4) is 11.5 Å². The van der Waals surface area contributed by atoms with E-state index < -0.39 is 6.10 Å². The first-order valence-electron chi connectivity index (χ1n) is 11.4. The number of carbonyl (C=O) groups is 1. The van der Waals surface area contributed by atoms with Crippen LogP contribution in [-0.4, -0.2) is 68.3 Å². The Hall–Kier alpha value is -2.19. The van der Waals surface area contributed by atoms with Crippen molar-refractivity contribution >= 4 is 34.8 Å². The lowest BCUT2D eigenvalue weighted by molar-refractivity contribution is -0.130. The zero-order valence-electron chi connectivity index (χ0n) is 19.9. The molecule has 1 atom stereocenters. The topological polar surface area (TPSA) is 88.3 Å². The van der Waals surface area contributed by atoms with Crippen LogP contribution < -0.4 is 15.2 Å². The summed E-state index contributed by atoms with van der Waals surface area (Å²) in [6, 6.07) is 7.20. The fourth-order valence-corrected chi connectivity index (χ4v) is 4.70. The summed E-state index contributed by atoms with van der Waals surface area (Å²) in [7, 11) is 5.23. The number of carbonyl (C=O) groups excluding carboxylic acids is 1. The molecule has 0 saturated carbocycles. The number of nitrogens with zero attached hydrogens (tertiary/aromatic N) is 2. The molecule has 1 heterocycles. The van der Waals surface area contributed by atoms with Crippen molar-refractivity contribution < 1.29 is 19.4 Å². The Labute approximate surface area is 211 Å². The van der Waals surface area contributed by atoms with Crippen LogP contribution in [0.3, 0.4) is 0 Å². The summed E-state index contributed by atoms with van der Waals surface area (Å²) in [6.07, 6.45) is 1.86. The summed E-state index contributed by atoms with van der Waals surface area (Å²) in [4.78, 5) is 16.9. The van der Waals surface area contributed by atoms with Gasteiger partial charge in [-0.15, -0.1) is 0 Å². The molecule has 186 valence electrons. The Bertz CT molecular complexity index is 995. The molecule has 0 fully saturated rings. The maximum Gasteiger partial charge on any atom is 0.227 e. The minimum Gasteiger partial charge on any atom is -0.493 e. The number of hydrogen-bond acceptors (Lipinski definition) is 6. The van der Waals surface area contributed by atoms with Gasteiger partial charge in [-0.05, 0) is 73.8 Å². The maximum atomic E-state index is 12.8. The van der Waals surface area contributed by atoms with Gasteiger partial charge in [-0.2, -0.15) is 0 Å². The first-order chi connectivity index (χ1) is 16.2. The van der Waals surface area contributed by atoms with Crippen LogP contribution in [0.4, 0.5) is 5.69 Å². The van der Waals surface area contributed by atoms with Crippen LogP contribution in [0.1, 0.15) is 35.6 Å². The first-order valence-corrected chi connectivity index (χ1v) is 12.1. The molecule has 3 N–H and O–H groups in total. The molecule has 1 aliphatic heterocycles. The number of ether oxygens (including phenoxy) is 2. The largest absolute Gasteiger partial charge is 0.493 e. The molecule has 34 heavy (non-hydrogen) atoms. The third-order valence-corrected chi connectivity index (χ3v) is 6.91. The second-order valence-electron chi connectivity index (χ2n) is 8.64. The molecular formula is C25H33Cl2N3O4. The average molecular weight is 510 g/mol. The Kier molecular flexibility index (Phi) is 9.31. The number of aliphatic hydroxyl groups excluding tert-OH is 1. The van der Waals surface area contributed by atoms with Crippen molar-refractivity contribution in [1.29, 1.82) is 0 Å². The SMILES string of the molecule is COc1cc2c(cc1OC)CC(=O)N(CCCN(C)CCC(O)c1cc(Cl)c(N)c(Cl)c1)CC2. The molecule has 0 saturated heterocycles. The summed E-state index contributed by atoms with van der Waals surface area (Å²) in [5, 5.41) is 11.2. The van der Waals surface area contributed by atoms with E-state index in [1.807, 2.05) is 24.1 Å². The van der Waals surface area contributed by atoms with Crippen molar-refractivity contribution in [3.63, 3.8) is 0 Å². The minimum absolute atomic E-state index is 0.126. The highest BCUT2D eigenvalue weighted by molar-refractivity contribution is 6.38. The van der Waals surface area contributed by atoms with Crippen LogP contribution in [0.25, 0.3) is 0 Å². The average Bonchev–Trinajstić information content (AvgIpc) is 2.97. The Morgan fingerprint density at radius 2 is 1.71 bits per heavy atom. The number of anilines is 1. The van der Waals surface area contributed by atoms with Crippen LogP contribution in [0, 0.1) is 0 Å². The van der Waals surface area contributed by atoms with Crippen LogP contribution in [-0.2, 0) is 17.6 Å². The third-order valence-electron chi connectivity index (χ3n) is 6.29. The second-order valence-corrected chi connectivity index (χ2v) is 9.46. The lowest BCUT2D eigenvalue weighted by Gasteiger charge is -2.23. The van der Waals surface area contributed by atoms with E-state index in [1.54, 1.807) is 26.4 Å². The van der Waals surface area contributed by atoms with Crippen molar-refractivity contribution in [2.24, 2.45) is 0 Å². The predicted octanol–water partition coefficient (Wildman–Crippen LogP) is 3.97. The summed E-state index contributed by atoms with van der Waals surface area (Å²) < 4.78 is 10.8. The van der Waals surface area contributed by atoms with Crippen LogP contribution in [0.5, 0.6) is 11.5 Å². The highest BCUT2D eigenvalue weighted by Crippen LogP contribution is 2.33. The van der Waals surface area contributed by atoms with Gasteiger partial charge in [0.15, 0.2) is 11.5 Å². The van der Waals surface area contributed by atoms with E-state index in [0.29, 0.717) is 65.3 Å². The summed E-state index contributed by atoms with van der Waals surface area (Å²) in [5.74, 6) is 1.46. The molecule has 7 nitrogen and oxygen atoms in total. The first kappa shape index (κ1) is 26.4. The van der Waals surface area contributed by atoms with Gasteiger partial charge in [-0.25, -0.2) is 0 Å². The highest BCUT2D eigenvalue weighted by atomic mass is 35.5. The number of nitrogens with two attached hydrogens (primary N) is 1. The normalized spacial score (nSPS) is 14.7. The molecule has 1 aliphatic rings. The van der Waals surface area contributed by atoms with Gasteiger partial charge < -0.3 is 30.1 Å². The molecule has 0 bridgehead atoms. The highest BCUT2D eigenvalue weighted by Gasteiger charge is 2.22. The number of rotatable bonds is 10. The van der Waals surface area contributed by atoms with Crippen molar-refractivity contribution in [2.75, 3.05) is 53.2 Å². The fraction of sp³-hybridized carbons (Fsp3) is 0.480. The van der Waals surface area contributed by atoms with Gasteiger partial charge in [0.1, 0.15) is 0 Å². The third kappa shape index (κ3) is 6.48. The van der Waals surface area contributed by atoms with Gasteiger partial charge in [-0.1, -0.05) is 23.2 Å². The molecule has 0 aromatic heterocycles. The molecule has 0 spiro atoms. The number of aliphatic hydroxyl groups is 1. The molecule has 0 radical (unpaired) electrons. The van der Waals surface area contributed by atoms with E-state index in [4.69, 9.17) is 38.4 Å². The molecule has 2 aromatic rings. The number of fused-ring (bicyclic) bond motifs is 1. The number of hydrogen-bond donors (Lipinski definition) is 2. The molecule has 3 rings (SSSR count). The molecule has 9 heteroatoms. The Balaban J connectivity index is 1.47. The van der Waals surface area contributed by atoms with E-state index >= 15 is 0 Å². The summed E-state index contributed by atoms with van der Waals surface area (Å²) in [6.45, 7) is 2.88. The summed E-state index contributed by atoms with van der Waals surface area (Å²) >= 11 is 12.2. The Morgan fingerprint density at radius 3 is 2.32 bits per heavy atom. The molecule has 2 aromatic carbocycles.